The lowest BCUT2D eigenvalue weighted by molar-refractivity contribution is 0.159. The second-order valence-electron chi connectivity index (χ2n) is 7.94. The third-order valence-corrected chi connectivity index (χ3v) is 7.48. The molecule has 1 aliphatic heterocycles. The molecule has 0 spiro atoms. The first-order chi connectivity index (χ1) is 14.3. The van der Waals surface area contributed by atoms with E-state index in [1.165, 1.54) is 11.1 Å². The van der Waals surface area contributed by atoms with E-state index in [1.54, 1.807) is 35.7 Å². The highest BCUT2D eigenvalue weighted by atomic mass is 32.2. The summed E-state index contributed by atoms with van der Waals surface area (Å²) in [6.45, 7) is 10.2. The van der Waals surface area contributed by atoms with Crippen molar-refractivity contribution in [1.29, 1.82) is 0 Å². The van der Waals surface area contributed by atoms with Gasteiger partial charge in [0, 0.05) is 32.7 Å². The number of sulfonamides is 1. The first-order valence-electron chi connectivity index (χ1n) is 10.4. The standard InChI is InChI=1S/C23H32N2O4S/c1-18(2)23-10-7-21(17-19(23)3)29-16-15-24-11-13-25(14-12-24)30(26,27)22-8-5-20(28-4)6-9-22/h5-10,17-18H,11-16H2,1-4H3. The third kappa shape index (κ3) is 5.33. The van der Waals surface area contributed by atoms with Crippen molar-refractivity contribution >= 4 is 10.0 Å². The van der Waals surface area contributed by atoms with Crippen LogP contribution in [0.2, 0.25) is 0 Å². The summed E-state index contributed by atoms with van der Waals surface area (Å²) in [5.41, 5.74) is 2.59. The first kappa shape index (κ1) is 22.6. The van der Waals surface area contributed by atoms with Crippen LogP contribution in [0.5, 0.6) is 11.5 Å². The summed E-state index contributed by atoms with van der Waals surface area (Å²) in [5.74, 6) is 2.04. The smallest absolute Gasteiger partial charge is 0.243 e. The molecule has 0 atom stereocenters. The highest BCUT2D eigenvalue weighted by Gasteiger charge is 2.28. The van der Waals surface area contributed by atoms with Crippen LogP contribution >= 0.6 is 0 Å². The summed E-state index contributed by atoms with van der Waals surface area (Å²) >= 11 is 0. The molecule has 0 saturated carbocycles. The van der Waals surface area contributed by atoms with Gasteiger partial charge in [-0.2, -0.15) is 4.31 Å². The number of aryl methyl sites for hydroxylation is 1. The molecule has 6 nitrogen and oxygen atoms in total. The molecule has 7 heteroatoms. The Morgan fingerprint density at radius 2 is 1.60 bits per heavy atom. The molecule has 0 N–H and O–H groups in total. The highest BCUT2D eigenvalue weighted by Crippen LogP contribution is 2.24. The maximum atomic E-state index is 12.8. The van der Waals surface area contributed by atoms with Gasteiger partial charge >= 0.3 is 0 Å². The lowest BCUT2D eigenvalue weighted by Gasteiger charge is -2.33. The van der Waals surface area contributed by atoms with Crippen molar-refractivity contribution in [3.63, 3.8) is 0 Å². The zero-order valence-corrected chi connectivity index (χ0v) is 19.1. The van der Waals surface area contributed by atoms with Crippen LogP contribution < -0.4 is 9.47 Å². The van der Waals surface area contributed by atoms with Gasteiger partial charge in [-0.3, -0.25) is 4.90 Å². The van der Waals surface area contributed by atoms with E-state index in [4.69, 9.17) is 9.47 Å². The molecule has 1 heterocycles. The fourth-order valence-corrected chi connectivity index (χ4v) is 5.19. The SMILES string of the molecule is COc1ccc(S(=O)(=O)N2CCN(CCOc3ccc(C(C)C)c(C)c3)CC2)cc1. The number of benzene rings is 2. The molecule has 30 heavy (non-hydrogen) atoms. The van der Waals surface area contributed by atoms with Crippen LogP contribution in [0.1, 0.15) is 30.9 Å². The van der Waals surface area contributed by atoms with Crippen LogP contribution in [0.15, 0.2) is 47.4 Å². The predicted octanol–water partition coefficient (Wildman–Crippen LogP) is 3.51. The Bertz CT molecular complexity index is 934. The van der Waals surface area contributed by atoms with E-state index >= 15 is 0 Å². The van der Waals surface area contributed by atoms with Gasteiger partial charge < -0.3 is 9.47 Å². The maximum Gasteiger partial charge on any atom is 0.243 e. The van der Waals surface area contributed by atoms with Gasteiger partial charge in [-0.25, -0.2) is 8.42 Å². The molecule has 0 amide bonds. The minimum atomic E-state index is -3.47. The molecule has 0 aromatic heterocycles. The minimum absolute atomic E-state index is 0.306. The molecule has 1 fully saturated rings. The summed E-state index contributed by atoms with van der Waals surface area (Å²) in [5, 5.41) is 0. The summed E-state index contributed by atoms with van der Waals surface area (Å²) in [6, 6.07) is 12.8. The molecule has 0 bridgehead atoms. The van der Waals surface area contributed by atoms with Crippen LogP contribution in [0.25, 0.3) is 0 Å². The zero-order valence-electron chi connectivity index (χ0n) is 18.3. The lowest BCUT2D eigenvalue weighted by atomic mass is 9.98. The van der Waals surface area contributed by atoms with Crippen molar-refractivity contribution in [3.8, 4) is 11.5 Å². The van der Waals surface area contributed by atoms with Crippen molar-refractivity contribution in [3.05, 3.63) is 53.6 Å². The fourth-order valence-electron chi connectivity index (χ4n) is 3.77. The summed E-state index contributed by atoms with van der Waals surface area (Å²) in [4.78, 5) is 2.55. The van der Waals surface area contributed by atoms with Crippen molar-refractivity contribution in [2.24, 2.45) is 0 Å². The Morgan fingerprint density at radius 1 is 0.967 bits per heavy atom. The fraction of sp³-hybridized carbons (Fsp3) is 0.478. The monoisotopic (exact) mass is 432 g/mol. The van der Waals surface area contributed by atoms with Crippen LogP contribution in [0.4, 0.5) is 0 Å². The van der Waals surface area contributed by atoms with E-state index < -0.39 is 10.0 Å². The Morgan fingerprint density at radius 3 is 2.17 bits per heavy atom. The van der Waals surface area contributed by atoms with E-state index in [1.807, 2.05) is 6.07 Å². The largest absolute Gasteiger partial charge is 0.497 e. The van der Waals surface area contributed by atoms with Gasteiger partial charge in [0.05, 0.1) is 12.0 Å². The normalized spacial score (nSPS) is 16.0. The average molecular weight is 433 g/mol. The van der Waals surface area contributed by atoms with E-state index in [0.29, 0.717) is 49.3 Å². The van der Waals surface area contributed by atoms with Crippen molar-refractivity contribution in [1.82, 2.24) is 9.21 Å². The maximum absolute atomic E-state index is 12.8. The molecular formula is C23H32N2O4S. The summed E-state index contributed by atoms with van der Waals surface area (Å²) in [7, 11) is -1.91. The van der Waals surface area contributed by atoms with Gasteiger partial charge in [0.15, 0.2) is 0 Å². The second kappa shape index (κ2) is 9.81. The molecule has 164 valence electrons. The van der Waals surface area contributed by atoms with E-state index in [0.717, 1.165) is 12.3 Å². The van der Waals surface area contributed by atoms with E-state index in [9.17, 15) is 8.42 Å². The third-order valence-electron chi connectivity index (χ3n) is 5.57. The number of nitrogens with zero attached hydrogens (tertiary/aromatic N) is 2. The number of hydrogen-bond acceptors (Lipinski definition) is 5. The van der Waals surface area contributed by atoms with Crippen molar-refractivity contribution < 1.29 is 17.9 Å². The number of hydrogen-bond donors (Lipinski definition) is 0. The van der Waals surface area contributed by atoms with Gasteiger partial charge in [0.2, 0.25) is 10.0 Å². The number of rotatable bonds is 8. The number of piperazine rings is 1. The minimum Gasteiger partial charge on any atom is -0.497 e. The Labute approximate surface area is 180 Å². The van der Waals surface area contributed by atoms with Gasteiger partial charge in [0.1, 0.15) is 18.1 Å². The van der Waals surface area contributed by atoms with Gasteiger partial charge in [-0.1, -0.05) is 19.9 Å². The Balaban J connectivity index is 1.48. The van der Waals surface area contributed by atoms with Crippen molar-refractivity contribution in [2.75, 3.05) is 46.4 Å². The van der Waals surface area contributed by atoms with Crippen molar-refractivity contribution in [2.45, 2.75) is 31.6 Å². The highest BCUT2D eigenvalue weighted by molar-refractivity contribution is 7.89. The van der Waals surface area contributed by atoms with E-state index in [-0.39, 0.29) is 0 Å². The van der Waals surface area contributed by atoms with Gasteiger partial charge in [-0.15, -0.1) is 0 Å². The molecule has 2 aromatic carbocycles. The zero-order chi connectivity index (χ0) is 21.7. The topological polar surface area (TPSA) is 59.1 Å². The molecule has 3 rings (SSSR count). The quantitative estimate of drug-likeness (QED) is 0.639. The molecular weight excluding hydrogens is 400 g/mol. The molecule has 1 aliphatic rings. The van der Waals surface area contributed by atoms with Crippen LogP contribution in [0, 0.1) is 6.92 Å². The predicted molar refractivity (Wildman–Crippen MR) is 119 cm³/mol. The van der Waals surface area contributed by atoms with Gasteiger partial charge in [0.25, 0.3) is 0 Å². The number of ether oxygens (including phenoxy) is 2. The van der Waals surface area contributed by atoms with Crippen LogP contribution in [0.3, 0.4) is 0 Å². The summed E-state index contributed by atoms with van der Waals surface area (Å²) in [6.07, 6.45) is 0. The van der Waals surface area contributed by atoms with Crippen LogP contribution in [-0.2, 0) is 10.0 Å². The molecule has 0 unspecified atom stereocenters. The second-order valence-corrected chi connectivity index (χ2v) is 9.88. The van der Waals surface area contributed by atoms with E-state index in [2.05, 4.69) is 37.8 Å². The van der Waals surface area contributed by atoms with Gasteiger partial charge in [-0.05, 0) is 60.4 Å². The molecule has 0 aliphatic carbocycles. The Hall–Kier alpha value is -2.09. The molecule has 1 saturated heterocycles. The first-order valence-corrected chi connectivity index (χ1v) is 11.8. The van der Waals surface area contributed by atoms with Crippen LogP contribution in [-0.4, -0.2) is 64.1 Å². The number of methoxy groups -OCH3 is 1. The molecule has 2 aromatic rings. The average Bonchev–Trinajstić information content (AvgIpc) is 2.74. The lowest BCUT2D eigenvalue weighted by Crippen LogP contribution is -2.49. The Kier molecular flexibility index (Phi) is 7.39. The molecule has 0 radical (unpaired) electrons. The summed E-state index contributed by atoms with van der Waals surface area (Å²) < 4.78 is 38.3.